The third kappa shape index (κ3) is 3.71. The summed E-state index contributed by atoms with van der Waals surface area (Å²) in [5, 5.41) is 2.52. The largest absolute Gasteiger partial charge is 0.496 e. The Kier molecular flexibility index (Phi) is 4.53. The van der Waals surface area contributed by atoms with Crippen molar-refractivity contribution in [3.8, 4) is 5.75 Å². The number of hydrogen-bond donors (Lipinski definition) is 2. The molecule has 0 aromatic heterocycles. The maximum atomic E-state index is 11.2. The fourth-order valence-corrected chi connectivity index (χ4v) is 1.79. The second-order valence-corrected chi connectivity index (χ2v) is 5.12. The minimum Gasteiger partial charge on any atom is -0.496 e. The first-order chi connectivity index (χ1) is 8.77. The van der Waals surface area contributed by atoms with E-state index in [2.05, 4.69) is 5.32 Å². The summed E-state index contributed by atoms with van der Waals surface area (Å²) in [6.45, 7) is 6.26. The number of rotatable bonds is 4. The van der Waals surface area contributed by atoms with Crippen molar-refractivity contribution in [1.82, 2.24) is 5.32 Å². The number of aryl methyl sites for hydroxylation is 1. The summed E-state index contributed by atoms with van der Waals surface area (Å²) in [5.41, 5.74) is 6.67. The fourth-order valence-electron chi connectivity index (χ4n) is 1.79. The molecule has 2 amide bonds. The molecular formula is C14H20N2O3. The molecule has 19 heavy (non-hydrogen) atoms. The van der Waals surface area contributed by atoms with Gasteiger partial charge in [0.15, 0.2) is 0 Å². The molecule has 0 bridgehead atoms. The van der Waals surface area contributed by atoms with E-state index in [1.165, 1.54) is 0 Å². The van der Waals surface area contributed by atoms with Gasteiger partial charge in [-0.15, -0.1) is 0 Å². The summed E-state index contributed by atoms with van der Waals surface area (Å²) in [4.78, 5) is 21.9. The number of ether oxygens (including phenoxy) is 1. The Morgan fingerprint density at radius 1 is 1.37 bits per heavy atom. The van der Waals surface area contributed by atoms with Crippen LogP contribution in [-0.4, -0.2) is 25.5 Å². The van der Waals surface area contributed by atoms with Gasteiger partial charge in [-0.1, -0.05) is 26.0 Å². The van der Waals surface area contributed by atoms with Crippen LogP contribution in [-0.2, 0) is 15.0 Å². The molecule has 104 valence electrons. The van der Waals surface area contributed by atoms with E-state index in [1.54, 1.807) is 7.11 Å². The van der Waals surface area contributed by atoms with E-state index < -0.39 is 11.8 Å². The van der Waals surface area contributed by atoms with E-state index in [-0.39, 0.29) is 5.41 Å². The molecule has 1 aromatic rings. The molecular weight excluding hydrogens is 244 g/mol. The molecule has 0 aliphatic carbocycles. The third-order valence-electron chi connectivity index (χ3n) is 3.09. The highest BCUT2D eigenvalue weighted by Gasteiger charge is 2.23. The zero-order valence-electron chi connectivity index (χ0n) is 11.7. The summed E-state index contributed by atoms with van der Waals surface area (Å²) in [6, 6.07) is 5.85. The summed E-state index contributed by atoms with van der Waals surface area (Å²) < 4.78 is 5.21. The second-order valence-electron chi connectivity index (χ2n) is 5.12. The predicted octanol–water partition coefficient (Wildman–Crippen LogP) is 0.883. The minimum absolute atomic E-state index is 0.303. The molecule has 0 saturated carbocycles. The zero-order chi connectivity index (χ0) is 14.6. The number of primary amides is 1. The highest BCUT2D eigenvalue weighted by atomic mass is 16.5. The van der Waals surface area contributed by atoms with Crippen molar-refractivity contribution >= 4 is 11.8 Å². The van der Waals surface area contributed by atoms with Crippen LogP contribution >= 0.6 is 0 Å². The second kappa shape index (κ2) is 5.73. The van der Waals surface area contributed by atoms with Gasteiger partial charge in [0.2, 0.25) is 0 Å². The van der Waals surface area contributed by atoms with Crippen molar-refractivity contribution < 1.29 is 14.3 Å². The Labute approximate surface area is 113 Å². The van der Waals surface area contributed by atoms with Crippen LogP contribution in [0.15, 0.2) is 18.2 Å². The van der Waals surface area contributed by atoms with Gasteiger partial charge in [0.05, 0.1) is 7.11 Å². The molecule has 1 rings (SSSR count). The first kappa shape index (κ1) is 15.0. The SMILES string of the molecule is COc1ccc(C(C)(C)CNC(=O)C(N)=O)cc1C. The first-order valence-corrected chi connectivity index (χ1v) is 6.00. The van der Waals surface area contributed by atoms with E-state index in [4.69, 9.17) is 10.5 Å². The van der Waals surface area contributed by atoms with Crippen molar-refractivity contribution in [3.63, 3.8) is 0 Å². The van der Waals surface area contributed by atoms with E-state index in [0.29, 0.717) is 6.54 Å². The molecule has 1 aromatic carbocycles. The van der Waals surface area contributed by atoms with Crippen LogP contribution in [0.4, 0.5) is 0 Å². The number of methoxy groups -OCH3 is 1. The lowest BCUT2D eigenvalue weighted by Gasteiger charge is -2.26. The maximum absolute atomic E-state index is 11.2. The quantitative estimate of drug-likeness (QED) is 0.792. The summed E-state index contributed by atoms with van der Waals surface area (Å²) in [7, 11) is 1.63. The average molecular weight is 264 g/mol. The molecule has 0 aliphatic heterocycles. The Bertz CT molecular complexity index is 495. The number of nitrogens with two attached hydrogens (primary N) is 1. The number of benzene rings is 1. The lowest BCUT2D eigenvalue weighted by Crippen LogP contribution is -2.42. The standard InChI is InChI=1S/C14H20N2O3/c1-9-7-10(5-6-11(9)19-4)14(2,3)8-16-13(18)12(15)17/h5-7H,8H2,1-4H3,(H2,15,17)(H,16,18). The van der Waals surface area contributed by atoms with Gasteiger partial charge in [0.25, 0.3) is 0 Å². The van der Waals surface area contributed by atoms with Gasteiger partial charge < -0.3 is 15.8 Å². The molecule has 5 nitrogen and oxygen atoms in total. The van der Waals surface area contributed by atoms with Gasteiger partial charge in [-0.05, 0) is 24.1 Å². The number of carbonyl (C=O) groups is 2. The molecule has 0 heterocycles. The molecule has 3 N–H and O–H groups in total. The van der Waals surface area contributed by atoms with Gasteiger partial charge in [-0.25, -0.2) is 0 Å². The number of carbonyl (C=O) groups excluding carboxylic acids is 2. The van der Waals surface area contributed by atoms with Gasteiger partial charge in [0, 0.05) is 12.0 Å². The number of nitrogens with one attached hydrogen (secondary N) is 1. The molecule has 0 unspecified atom stereocenters. The molecule has 0 radical (unpaired) electrons. The zero-order valence-corrected chi connectivity index (χ0v) is 11.7. The van der Waals surface area contributed by atoms with Crippen LogP contribution in [0.25, 0.3) is 0 Å². The van der Waals surface area contributed by atoms with E-state index in [0.717, 1.165) is 16.9 Å². The molecule has 0 fully saturated rings. The Balaban J connectivity index is 2.85. The number of hydrogen-bond acceptors (Lipinski definition) is 3. The average Bonchev–Trinajstić information content (AvgIpc) is 2.35. The van der Waals surface area contributed by atoms with Crippen LogP contribution in [0, 0.1) is 6.92 Å². The monoisotopic (exact) mass is 264 g/mol. The molecule has 0 saturated heterocycles. The smallest absolute Gasteiger partial charge is 0.309 e. The maximum Gasteiger partial charge on any atom is 0.309 e. The first-order valence-electron chi connectivity index (χ1n) is 6.00. The Hall–Kier alpha value is -2.04. The molecule has 5 heteroatoms. The van der Waals surface area contributed by atoms with Gasteiger partial charge in [-0.2, -0.15) is 0 Å². The van der Waals surface area contributed by atoms with Crippen LogP contribution in [0.1, 0.15) is 25.0 Å². The molecule has 0 aliphatic rings. The Morgan fingerprint density at radius 3 is 2.47 bits per heavy atom. The van der Waals surface area contributed by atoms with Crippen molar-refractivity contribution in [2.45, 2.75) is 26.2 Å². The third-order valence-corrected chi connectivity index (χ3v) is 3.09. The summed E-state index contributed by atoms with van der Waals surface area (Å²) in [6.07, 6.45) is 0. The van der Waals surface area contributed by atoms with Gasteiger partial charge in [0.1, 0.15) is 5.75 Å². The highest BCUT2D eigenvalue weighted by molar-refractivity contribution is 6.34. The summed E-state index contributed by atoms with van der Waals surface area (Å²) in [5.74, 6) is -0.916. The Morgan fingerprint density at radius 2 is 2.00 bits per heavy atom. The van der Waals surface area contributed by atoms with Gasteiger partial charge in [-0.3, -0.25) is 9.59 Å². The number of amides is 2. The lowest BCUT2D eigenvalue weighted by molar-refractivity contribution is -0.137. The summed E-state index contributed by atoms with van der Waals surface area (Å²) >= 11 is 0. The van der Waals surface area contributed by atoms with Crippen LogP contribution in [0.3, 0.4) is 0 Å². The minimum atomic E-state index is -0.971. The van der Waals surface area contributed by atoms with Crippen molar-refractivity contribution in [2.24, 2.45) is 5.73 Å². The van der Waals surface area contributed by atoms with Crippen molar-refractivity contribution in [1.29, 1.82) is 0 Å². The van der Waals surface area contributed by atoms with Crippen LogP contribution in [0.2, 0.25) is 0 Å². The van der Waals surface area contributed by atoms with Crippen LogP contribution < -0.4 is 15.8 Å². The molecule has 0 atom stereocenters. The predicted molar refractivity (Wildman–Crippen MR) is 73.0 cm³/mol. The topological polar surface area (TPSA) is 81.4 Å². The van der Waals surface area contributed by atoms with Gasteiger partial charge >= 0.3 is 11.8 Å². The fraction of sp³-hybridized carbons (Fsp3) is 0.429. The van der Waals surface area contributed by atoms with Crippen molar-refractivity contribution in [3.05, 3.63) is 29.3 Å². The van der Waals surface area contributed by atoms with E-state index in [9.17, 15) is 9.59 Å². The van der Waals surface area contributed by atoms with Crippen LogP contribution in [0.5, 0.6) is 5.75 Å². The van der Waals surface area contributed by atoms with E-state index >= 15 is 0 Å². The van der Waals surface area contributed by atoms with Crippen molar-refractivity contribution in [2.75, 3.05) is 13.7 Å². The molecule has 0 spiro atoms. The normalized spacial score (nSPS) is 10.9. The lowest BCUT2D eigenvalue weighted by atomic mass is 9.83. The highest BCUT2D eigenvalue weighted by Crippen LogP contribution is 2.27. The van der Waals surface area contributed by atoms with E-state index in [1.807, 2.05) is 39.0 Å².